The highest BCUT2D eigenvalue weighted by atomic mass is 16.5. The molecule has 7 heteroatoms. The molecule has 7 nitrogen and oxygen atoms in total. The quantitative estimate of drug-likeness (QED) is 0.620. The number of hydrogen-bond acceptors (Lipinski definition) is 5. The van der Waals surface area contributed by atoms with E-state index in [0.717, 1.165) is 11.1 Å². The molecule has 1 heterocycles. The van der Waals surface area contributed by atoms with Crippen molar-refractivity contribution in [1.29, 1.82) is 0 Å². The van der Waals surface area contributed by atoms with Gasteiger partial charge in [-0.05, 0) is 55.7 Å². The van der Waals surface area contributed by atoms with E-state index in [1.165, 1.54) is 23.4 Å². The van der Waals surface area contributed by atoms with Crippen molar-refractivity contribution >= 4 is 11.6 Å². The van der Waals surface area contributed by atoms with Crippen molar-refractivity contribution in [3.63, 3.8) is 0 Å². The highest BCUT2D eigenvalue weighted by molar-refractivity contribution is 5.95. The fourth-order valence-electron chi connectivity index (χ4n) is 3.29. The Morgan fingerprint density at radius 3 is 2.45 bits per heavy atom. The monoisotopic (exact) mass is 421 g/mol. The lowest BCUT2D eigenvalue weighted by molar-refractivity contribution is -0.119. The van der Waals surface area contributed by atoms with Gasteiger partial charge in [0.2, 0.25) is 5.91 Å². The zero-order valence-corrected chi connectivity index (χ0v) is 18.4. The van der Waals surface area contributed by atoms with Crippen LogP contribution in [-0.2, 0) is 4.79 Å². The smallest absolute Gasteiger partial charge is 0.267 e. The van der Waals surface area contributed by atoms with E-state index in [-0.39, 0.29) is 11.5 Å². The van der Waals surface area contributed by atoms with Crippen LogP contribution in [0.5, 0.6) is 11.5 Å². The van der Waals surface area contributed by atoms with Crippen molar-refractivity contribution in [1.82, 2.24) is 9.78 Å². The summed E-state index contributed by atoms with van der Waals surface area (Å²) in [6.07, 6.45) is 0.396. The van der Waals surface area contributed by atoms with Gasteiger partial charge in [0.05, 0.1) is 25.6 Å². The van der Waals surface area contributed by atoms with Crippen LogP contribution < -0.4 is 20.3 Å². The molecular formula is C24H27N3O4. The number of nitrogens with zero attached hydrogens (tertiary/aromatic N) is 2. The van der Waals surface area contributed by atoms with E-state index < -0.39 is 6.04 Å². The average Bonchev–Trinajstić information content (AvgIpc) is 2.77. The van der Waals surface area contributed by atoms with Gasteiger partial charge in [0, 0.05) is 17.7 Å². The number of carbonyl (C=O) groups is 1. The van der Waals surface area contributed by atoms with Crippen LogP contribution in [0.1, 0.15) is 30.5 Å². The Labute approximate surface area is 181 Å². The Kier molecular flexibility index (Phi) is 6.74. The third-order valence-electron chi connectivity index (χ3n) is 5.28. The van der Waals surface area contributed by atoms with Crippen LogP contribution in [0.4, 0.5) is 5.69 Å². The number of methoxy groups -OCH3 is 2. The first-order valence-corrected chi connectivity index (χ1v) is 10.1. The maximum absolute atomic E-state index is 13.1. The number of amides is 1. The second-order valence-corrected chi connectivity index (χ2v) is 7.28. The van der Waals surface area contributed by atoms with Crippen LogP contribution in [0.3, 0.4) is 0 Å². The van der Waals surface area contributed by atoms with Crippen LogP contribution >= 0.6 is 0 Å². The van der Waals surface area contributed by atoms with Crippen molar-refractivity contribution < 1.29 is 14.3 Å². The number of anilines is 1. The predicted octanol–water partition coefficient (Wildman–Crippen LogP) is 4.13. The molecule has 0 aliphatic carbocycles. The zero-order chi connectivity index (χ0) is 22.5. The van der Waals surface area contributed by atoms with Crippen molar-refractivity contribution in [2.45, 2.75) is 33.2 Å². The first-order chi connectivity index (χ1) is 14.9. The first-order valence-electron chi connectivity index (χ1n) is 10.1. The number of benzene rings is 2. The molecule has 0 bridgehead atoms. The van der Waals surface area contributed by atoms with E-state index in [1.54, 1.807) is 31.4 Å². The summed E-state index contributed by atoms with van der Waals surface area (Å²) in [4.78, 5) is 25.6. The highest BCUT2D eigenvalue weighted by Crippen LogP contribution is 2.30. The molecule has 1 amide bonds. The van der Waals surface area contributed by atoms with Crippen LogP contribution in [0, 0.1) is 13.8 Å². The molecule has 31 heavy (non-hydrogen) atoms. The molecule has 0 fully saturated rings. The first kappa shape index (κ1) is 22.1. The summed E-state index contributed by atoms with van der Waals surface area (Å²) in [5.74, 6) is 0.727. The van der Waals surface area contributed by atoms with Crippen molar-refractivity contribution in [2.24, 2.45) is 0 Å². The SMILES string of the molecule is CC[C@@H](C(=O)Nc1ccc(OC)cc1OC)n1nc(-c2ccc(C)c(C)c2)ccc1=O. The van der Waals surface area contributed by atoms with Gasteiger partial charge >= 0.3 is 0 Å². The van der Waals surface area contributed by atoms with Gasteiger partial charge in [-0.2, -0.15) is 5.10 Å². The van der Waals surface area contributed by atoms with E-state index in [1.807, 2.05) is 39.0 Å². The largest absolute Gasteiger partial charge is 0.497 e. The van der Waals surface area contributed by atoms with Gasteiger partial charge in [-0.15, -0.1) is 0 Å². The maximum Gasteiger partial charge on any atom is 0.267 e. The summed E-state index contributed by atoms with van der Waals surface area (Å²) in [6, 6.07) is 13.5. The molecule has 0 spiro atoms. The van der Waals surface area contributed by atoms with Gasteiger partial charge in [0.15, 0.2) is 0 Å². The van der Waals surface area contributed by atoms with E-state index in [2.05, 4.69) is 10.4 Å². The Balaban J connectivity index is 1.94. The predicted molar refractivity (Wildman–Crippen MR) is 121 cm³/mol. The lowest BCUT2D eigenvalue weighted by Crippen LogP contribution is -2.34. The van der Waals surface area contributed by atoms with Crippen LogP contribution in [0.25, 0.3) is 11.3 Å². The number of carbonyl (C=O) groups excluding carboxylic acids is 1. The molecule has 0 saturated carbocycles. The van der Waals surface area contributed by atoms with Gasteiger partial charge in [-0.1, -0.05) is 19.1 Å². The maximum atomic E-state index is 13.1. The number of hydrogen-bond donors (Lipinski definition) is 1. The van der Waals surface area contributed by atoms with Gasteiger partial charge in [0.1, 0.15) is 17.5 Å². The average molecular weight is 421 g/mol. The second kappa shape index (κ2) is 9.47. The molecule has 1 aromatic heterocycles. The van der Waals surface area contributed by atoms with Crippen LogP contribution in [0.2, 0.25) is 0 Å². The molecule has 1 N–H and O–H groups in total. The van der Waals surface area contributed by atoms with E-state index in [9.17, 15) is 9.59 Å². The molecule has 0 saturated heterocycles. The molecule has 162 valence electrons. The summed E-state index contributed by atoms with van der Waals surface area (Å²) < 4.78 is 11.8. The van der Waals surface area contributed by atoms with E-state index in [4.69, 9.17) is 9.47 Å². The minimum Gasteiger partial charge on any atom is -0.497 e. The van der Waals surface area contributed by atoms with E-state index in [0.29, 0.717) is 29.3 Å². The number of nitrogens with one attached hydrogen (secondary N) is 1. The van der Waals surface area contributed by atoms with Crippen molar-refractivity contribution in [3.05, 3.63) is 70.0 Å². The standard InChI is InChI=1S/C24H27N3O4/c1-6-21(24(29)25-20-10-9-18(30-4)14-22(20)31-5)27-23(28)12-11-19(26-27)17-8-7-15(2)16(3)13-17/h7-14,21H,6H2,1-5H3,(H,25,29)/t21-/m0/s1. The molecule has 3 rings (SSSR count). The number of rotatable bonds is 7. The van der Waals surface area contributed by atoms with Gasteiger partial charge in [-0.25, -0.2) is 4.68 Å². The van der Waals surface area contributed by atoms with Crippen LogP contribution in [-0.4, -0.2) is 29.9 Å². The van der Waals surface area contributed by atoms with Crippen molar-refractivity contribution in [3.8, 4) is 22.8 Å². The van der Waals surface area contributed by atoms with Gasteiger partial charge in [-0.3, -0.25) is 9.59 Å². The molecule has 2 aromatic carbocycles. The molecule has 0 radical (unpaired) electrons. The van der Waals surface area contributed by atoms with Gasteiger partial charge < -0.3 is 14.8 Å². The third kappa shape index (κ3) is 4.77. The molecule has 0 aliphatic rings. The lowest BCUT2D eigenvalue weighted by Gasteiger charge is -2.19. The Bertz CT molecular complexity index is 1150. The summed E-state index contributed by atoms with van der Waals surface area (Å²) in [5, 5.41) is 7.36. The van der Waals surface area contributed by atoms with Gasteiger partial charge in [0.25, 0.3) is 5.56 Å². The highest BCUT2D eigenvalue weighted by Gasteiger charge is 2.23. The Morgan fingerprint density at radius 1 is 1.03 bits per heavy atom. The zero-order valence-electron chi connectivity index (χ0n) is 18.4. The fraction of sp³-hybridized carbons (Fsp3) is 0.292. The summed E-state index contributed by atoms with van der Waals surface area (Å²) >= 11 is 0. The summed E-state index contributed by atoms with van der Waals surface area (Å²) in [5.41, 5.74) is 3.99. The van der Waals surface area contributed by atoms with Crippen LogP contribution in [0.15, 0.2) is 53.3 Å². The molecule has 1 atom stereocenters. The molecular weight excluding hydrogens is 394 g/mol. The summed E-state index contributed by atoms with van der Waals surface area (Å²) in [6.45, 7) is 5.91. The molecule has 0 unspecified atom stereocenters. The minimum absolute atomic E-state index is 0.337. The number of aryl methyl sites for hydroxylation is 2. The fourth-order valence-corrected chi connectivity index (χ4v) is 3.29. The topological polar surface area (TPSA) is 82.4 Å². The van der Waals surface area contributed by atoms with Crippen molar-refractivity contribution in [2.75, 3.05) is 19.5 Å². The number of ether oxygens (including phenoxy) is 2. The third-order valence-corrected chi connectivity index (χ3v) is 5.28. The molecule has 0 aliphatic heterocycles. The normalized spacial score (nSPS) is 11.6. The Hall–Kier alpha value is -3.61. The Morgan fingerprint density at radius 2 is 1.81 bits per heavy atom. The second-order valence-electron chi connectivity index (χ2n) is 7.28. The summed E-state index contributed by atoms with van der Waals surface area (Å²) in [7, 11) is 3.07. The number of aromatic nitrogens is 2. The molecule has 3 aromatic rings. The van der Waals surface area contributed by atoms with E-state index >= 15 is 0 Å². The lowest BCUT2D eigenvalue weighted by atomic mass is 10.0. The minimum atomic E-state index is -0.772.